The minimum atomic E-state index is -0.688. The van der Waals surface area contributed by atoms with E-state index in [-0.39, 0.29) is 18.4 Å². The van der Waals surface area contributed by atoms with Crippen molar-refractivity contribution in [2.24, 2.45) is 0 Å². The number of halogens is 1. The molecule has 0 amide bonds. The van der Waals surface area contributed by atoms with Crippen molar-refractivity contribution >= 4 is 5.97 Å². The summed E-state index contributed by atoms with van der Waals surface area (Å²) in [5.74, 6) is -1.30. The summed E-state index contributed by atoms with van der Waals surface area (Å²) in [6.45, 7) is 0.914. The zero-order valence-corrected chi connectivity index (χ0v) is 8.69. The normalized spacial score (nSPS) is 19.7. The van der Waals surface area contributed by atoms with Gasteiger partial charge in [0.15, 0.2) is 5.69 Å². The molecule has 0 N–H and O–H groups in total. The lowest BCUT2D eigenvalue weighted by molar-refractivity contribution is 0.0155. The van der Waals surface area contributed by atoms with E-state index in [2.05, 4.69) is 4.98 Å². The number of rotatable bonds is 3. The van der Waals surface area contributed by atoms with Crippen molar-refractivity contribution in [1.82, 2.24) is 4.98 Å². The molecule has 1 aromatic heterocycles. The highest BCUT2D eigenvalue weighted by Crippen LogP contribution is 2.12. The second-order valence-corrected chi connectivity index (χ2v) is 3.58. The maximum Gasteiger partial charge on any atom is 0.357 e. The van der Waals surface area contributed by atoms with E-state index >= 15 is 0 Å². The molecule has 2 heterocycles. The van der Waals surface area contributed by atoms with E-state index in [9.17, 15) is 9.18 Å². The Balaban J connectivity index is 1.87. The van der Waals surface area contributed by atoms with Crippen LogP contribution in [0.15, 0.2) is 18.2 Å². The highest BCUT2D eigenvalue weighted by atomic mass is 19.1. The maximum absolute atomic E-state index is 12.7. The zero-order chi connectivity index (χ0) is 11.4. The fourth-order valence-corrected chi connectivity index (χ4v) is 1.54. The van der Waals surface area contributed by atoms with Crippen molar-refractivity contribution < 1.29 is 18.7 Å². The molecule has 0 aliphatic carbocycles. The lowest BCUT2D eigenvalue weighted by Gasteiger charge is -2.09. The molecule has 4 nitrogen and oxygen atoms in total. The molecule has 1 atom stereocenters. The minimum absolute atomic E-state index is 0.0157. The van der Waals surface area contributed by atoms with E-state index in [1.807, 2.05) is 0 Å². The van der Waals surface area contributed by atoms with Gasteiger partial charge in [0, 0.05) is 6.61 Å². The van der Waals surface area contributed by atoms with Gasteiger partial charge in [-0.2, -0.15) is 4.39 Å². The predicted octanol–water partition coefficient (Wildman–Crippen LogP) is 1.56. The average Bonchev–Trinajstić information content (AvgIpc) is 2.78. The van der Waals surface area contributed by atoms with Crippen LogP contribution in [0.2, 0.25) is 0 Å². The minimum Gasteiger partial charge on any atom is -0.458 e. The number of hydrogen-bond donors (Lipinski definition) is 0. The number of carbonyl (C=O) groups excluding carboxylic acids is 1. The highest BCUT2D eigenvalue weighted by Gasteiger charge is 2.18. The van der Waals surface area contributed by atoms with Gasteiger partial charge in [0.05, 0.1) is 6.10 Å². The Morgan fingerprint density at radius 1 is 1.62 bits per heavy atom. The van der Waals surface area contributed by atoms with Crippen LogP contribution in [0.4, 0.5) is 4.39 Å². The molecule has 1 aliphatic rings. The highest BCUT2D eigenvalue weighted by molar-refractivity contribution is 5.87. The van der Waals surface area contributed by atoms with E-state index in [1.54, 1.807) is 0 Å². The molecular formula is C11H12FNO3. The second-order valence-electron chi connectivity index (χ2n) is 3.58. The van der Waals surface area contributed by atoms with Crippen LogP contribution in [0.25, 0.3) is 0 Å². The molecule has 2 rings (SSSR count). The van der Waals surface area contributed by atoms with Crippen molar-refractivity contribution in [3.8, 4) is 0 Å². The number of carbonyl (C=O) groups is 1. The van der Waals surface area contributed by atoms with Gasteiger partial charge in [-0.25, -0.2) is 9.78 Å². The largest absolute Gasteiger partial charge is 0.458 e. The Hall–Kier alpha value is -1.49. The summed E-state index contributed by atoms with van der Waals surface area (Å²) in [4.78, 5) is 14.9. The van der Waals surface area contributed by atoms with Gasteiger partial charge >= 0.3 is 5.97 Å². The molecule has 0 saturated carbocycles. The summed E-state index contributed by atoms with van der Waals surface area (Å²) in [7, 11) is 0. The van der Waals surface area contributed by atoms with E-state index in [0.717, 1.165) is 12.8 Å². The van der Waals surface area contributed by atoms with Gasteiger partial charge in [0.25, 0.3) is 0 Å². The van der Waals surface area contributed by atoms with E-state index in [0.29, 0.717) is 6.61 Å². The predicted molar refractivity (Wildman–Crippen MR) is 53.5 cm³/mol. The van der Waals surface area contributed by atoms with E-state index < -0.39 is 11.9 Å². The molecule has 0 bridgehead atoms. The Morgan fingerprint density at radius 2 is 2.50 bits per heavy atom. The Morgan fingerprint density at radius 3 is 3.19 bits per heavy atom. The first-order chi connectivity index (χ1) is 7.75. The van der Waals surface area contributed by atoms with Crippen LogP contribution >= 0.6 is 0 Å². The SMILES string of the molecule is O=C(OCC1CCCO1)c1cccc(F)n1. The third-order valence-electron chi connectivity index (χ3n) is 2.35. The molecule has 5 heteroatoms. The topological polar surface area (TPSA) is 48.4 Å². The van der Waals surface area contributed by atoms with Crippen LogP contribution in [0.1, 0.15) is 23.3 Å². The van der Waals surface area contributed by atoms with E-state index in [4.69, 9.17) is 9.47 Å². The fourth-order valence-electron chi connectivity index (χ4n) is 1.54. The number of ether oxygens (including phenoxy) is 2. The van der Waals surface area contributed by atoms with Gasteiger partial charge in [-0.3, -0.25) is 0 Å². The van der Waals surface area contributed by atoms with Gasteiger partial charge in [0.2, 0.25) is 5.95 Å². The third-order valence-corrected chi connectivity index (χ3v) is 2.35. The second kappa shape index (κ2) is 5.03. The molecule has 16 heavy (non-hydrogen) atoms. The van der Waals surface area contributed by atoms with Crippen molar-refractivity contribution in [2.75, 3.05) is 13.2 Å². The molecule has 86 valence electrons. The fraction of sp³-hybridized carbons (Fsp3) is 0.455. The van der Waals surface area contributed by atoms with Gasteiger partial charge in [-0.05, 0) is 25.0 Å². The number of pyridine rings is 1. The molecule has 1 fully saturated rings. The van der Waals surface area contributed by atoms with Crippen molar-refractivity contribution in [3.63, 3.8) is 0 Å². The Kier molecular flexibility index (Phi) is 3.46. The summed E-state index contributed by atoms with van der Waals surface area (Å²) in [5.41, 5.74) is -0.0157. The standard InChI is InChI=1S/C11H12FNO3/c12-10-5-1-4-9(13-10)11(14)16-7-8-3-2-6-15-8/h1,4-5,8H,2-3,6-7H2. The summed E-state index contributed by atoms with van der Waals surface area (Å²) >= 11 is 0. The van der Waals surface area contributed by atoms with Crippen molar-refractivity contribution in [2.45, 2.75) is 18.9 Å². The summed E-state index contributed by atoms with van der Waals surface area (Å²) in [5, 5.41) is 0. The van der Waals surface area contributed by atoms with Crippen LogP contribution in [0.3, 0.4) is 0 Å². The first-order valence-electron chi connectivity index (χ1n) is 5.17. The maximum atomic E-state index is 12.7. The first-order valence-corrected chi connectivity index (χ1v) is 5.17. The van der Waals surface area contributed by atoms with E-state index in [1.165, 1.54) is 18.2 Å². The molecule has 0 aromatic carbocycles. The lowest BCUT2D eigenvalue weighted by Crippen LogP contribution is -2.18. The van der Waals surface area contributed by atoms with Gasteiger partial charge in [-0.15, -0.1) is 0 Å². The van der Waals surface area contributed by atoms with Crippen LogP contribution < -0.4 is 0 Å². The monoisotopic (exact) mass is 225 g/mol. The van der Waals surface area contributed by atoms with Gasteiger partial charge < -0.3 is 9.47 Å². The Bertz CT molecular complexity index is 377. The smallest absolute Gasteiger partial charge is 0.357 e. The Labute approximate surface area is 92.4 Å². The summed E-state index contributed by atoms with van der Waals surface area (Å²) < 4.78 is 23.0. The average molecular weight is 225 g/mol. The van der Waals surface area contributed by atoms with Crippen molar-refractivity contribution in [3.05, 3.63) is 29.8 Å². The number of esters is 1. The van der Waals surface area contributed by atoms with Crippen molar-refractivity contribution in [1.29, 1.82) is 0 Å². The molecule has 1 unspecified atom stereocenters. The number of nitrogens with zero attached hydrogens (tertiary/aromatic N) is 1. The van der Waals surface area contributed by atoms with Crippen LogP contribution in [-0.4, -0.2) is 30.3 Å². The number of hydrogen-bond acceptors (Lipinski definition) is 4. The first kappa shape index (κ1) is 11.0. The molecule has 1 aromatic rings. The summed E-state index contributed by atoms with van der Waals surface area (Å²) in [6, 6.07) is 4.02. The number of aromatic nitrogens is 1. The molecule has 1 saturated heterocycles. The summed E-state index contributed by atoms with van der Waals surface area (Å²) in [6.07, 6.45) is 1.85. The molecule has 0 spiro atoms. The van der Waals surface area contributed by atoms with Crippen LogP contribution in [-0.2, 0) is 9.47 Å². The van der Waals surface area contributed by atoms with Crippen LogP contribution in [0.5, 0.6) is 0 Å². The molecular weight excluding hydrogens is 213 g/mol. The molecule has 0 radical (unpaired) electrons. The van der Waals surface area contributed by atoms with Crippen LogP contribution in [0, 0.1) is 5.95 Å². The zero-order valence-electron chi connectivity index (χ0n) is 8.69. The lowest BCUT2D eigenvalue weighted by atomic mass is 10.2. The third kappa shape index (κ3) is 2.76. The van der Waals surface area contributed by atoms with Gasteiger partial charge in [0.1, 0.15) is 6.61 Å². The quantitative estimate of drug-likeness (QED) is 0.578. The molecule has 1 aliphatic heterocycles. The van der Waals surface area contributed by atoms with Gasteiger partial charge in [-0.1, -0.05) is 6.07 Å².